The third-order valence-corrected chi connectivity index (χ3v) is 3.47. The number of carbonyl (C=O) groups is 1. The minimum atomic E-state index is -0.164. The highest BCUT2D eigenvalue weighted by Gasteiger charge is 2.29. The number of carbonyl (C=O) groups excluding carboxylic acids is 1. The van der Waals surface area contributed by atoms with Gasteiger partial charge in [-0.1, -0.05) is 0 Å². The Bertz CT molecular complexity index is 399. The van der Waals surface area contributed by atoms with Crippen LogP contribution in [0.5, 0.6) is 0 Å². The zero-order chi connectivity index (χ0) is 12.3. The molecule has 1 aliphatic heterocycles. The first-order valence-corrected chi connectivity index (χ1v) is 6.40. The van der Waals surface area contributed by atoms with Crippen molar-refractivity contribution < 1.29 is 9.53 Å². The Morgan fingerprint density at radius 1 is 1.47 bits per heavy atom. The molecule has 1 amide bonds. The summed E-state index contributed by atoms with van der Waals surface area (Å²) in [6.07, 6.45) is 3.27. The number of pyridine rings is 1. The lowest BCUT2D eigenvalue weighted by Crippen LogP contribution is -2.49. The predicted octanol–water partition coefficient (Wildman–Crippen LogP) is 2.14. The number of nitrogens with one attached hydrogen (secondary N) is 1. The molecular weight excluding hydrogens is 284 g/mol. The third kappa shape index (κ3) is 3.26. The van der Waals surface area contributed by atoms with Crippen LogP contribution in [0.2, 0.25) is 0 Å². The fraction of sp³-hybridized carbons (Fsp3) is 0.500. The quantitative estimate of drug-likeness (QED) is 0.851. The number of ether oxygens (including phenoxy) is 1. The lowest BCUT2D eigenvalue weighted by Gasteiger charge is -2.34. The number of hydrogen-bond acceptors (Lipinski definition) is 3. The molecule has 4 nitrogen and oxygen atoms in total. The van der Waals surface area contributed by atoms with Crippen molar-refractivity contribution in [2.24, 2.45) is 0 Å². The summed E-state index contributed by atoms with van der Waals surface area (Å²) in [5.41, 5.74) is 0.420. The molecule has 2 rings (SSSR count). The van der Waals surface area contributed by atoms with E-state index in [0.717, 1.165) is 17.4 Å². The van der Waals surface area contributed by atoms with E-state index < -0.39 is 0 Å². The first kappa shape index (κ1) is 12.5. The maximum atomic E-state index is 12.0. The highest BCUT2D eigenvalue weighted by molar-refractivity contribution is 9.10. The molecule has 92 valence electrons. The molecule has 2 heterocycles. The van der Waals surface area contributed by atoms with Crippen molar-refractivity contribution in [3.8, 4) is 0 Å². The van der Waals surface area contributed by atoms with Gasteiger partial charge < -0.3 is 10.1 Å². The minimum Gasteiger partial charge on any atom is -0.381 e. The van der Waals surface area contributed by atoms with Crippen LogP contribution in [0.4, 0.5) is 0 Å². The van der Waals surface area contributed by atoms with Gasteiger partial charge in [-0.2, -0.15) is 0 Å². The summed E-state index contributed by atoms with van der Waals surface area (Å²) in [6, 6.07) is 3.52. The van der Waals surface area contributed by atoms with Gasteiger partial charge in [0.1, 0.15) is 4.60 Å². The fourth-order valence-corrected chi connectivity index (χ4v) is 2.04. The number of amides is 1. The van der Waals surface area contributed by atoms with Gasteiger partial charge in [0.15, 0.2) is 0 Å². The van der Waals surface area contributed by atoms with E-state index in [2.05, 4.69) is 33.2 Å². The van der Waals surface area contributed by atoms with Crippen molar-refractivity contribution in [1.29, 1.82) is 0 Å². The van der Waals surface area contributed by atoms with Crippen molar-refractivity contribution in [3.05, 3.63) is 28.5 Å². The molecule has 0 atom stereocenters. The van der Waals surface area contributed by atoms with Gasteiger partial charge >= 0.3 is 0 Å². The summed E-state index contributed by atoms with van der Waals surface area (Å²) in [7, 11) is 0. The Hall–Kier alpha value is -0.940. The molecule has 0 radical (unpaired) electrons. The molecular formula is C12H15BrN2O2. The second-order valence-corrected chi connectivity index (χ2v) is 5.31. The maximum Gasteiger partial charge on any atom is 0.253 e. The molecule has 1 aliphatic rings. The van der Waals surface area contributed by atoms with Crippen LogP contribution in [0.3, 0.4) is 0 Å². The number of aromatic nitrogens is 1. The summed E-state index contributed by atoms with van der Waals surface area (Å²) in [5, 5.41) is 3.06. The van der Waals surface area contributed by atoms with Crippen LogP contribution in [-0.2, 0) is 4.74 Å². The Labute approximate surface area is 109 Å². The van der Waals surface area contributed by atoms with Crippen LogP contribution < -0.4 is 5.32 Å². The summed E-state index contributed by atoms with van der Waals surface area (Å²) in [4.78, 5) is 16.1. The number of rotatable bonds is 2. The van der Waals surface area contributed by atoms with Gasteiger partial charge in [-0.3, -0.25) is 4.79 Å². The Balaban J connectivity index is 2.03. The molecule has 1 saturated heterocycles. The van der Waals surface area contributed by atoms with E-state index in [9.17, 15) is 4.79 Å². The van der Waals surface area contributed by atoms with Crippen LogP contribution in [-0.4, -0.2) is 29.6 Å². The molecule has 0 unspecified atom stereocenters. The van der Waals surface area contributed by atoms with Crippen LogP contribution in [0.25, 0.3) is 0 Å². The predicted molar refractivity (Wildman–Crippen MR) is 67.9 cm³/mol. The van der Waals surface area contributed by atoms with Crippen molar-refractivity contribution in [2.75, 3.05) is 13.2 Å². The molecule has 0 spiro atoms. The zero-order valence-corrected chi connectivity index (χ0v) is 11.3. The first-order chi connectivity index (χ1) is 8.09. The molecule has 0 bridgehead atoms. The lowest BCUT2D eigenvalue weighted by molar-refractivity contribution is 0.0423. The highest BCUT2D eigenvalue weighted by atomic mass is 79.9. The highest BCUT2D eigenvalue weighted by Crippen LogP contribution is 2.20. The van der Waals surface area contributed by atoms with E-state index in [1.165, 1.54) is 0 Å². The van der Waals surface area contributed by atoms with Gasteiger partial charge in [-0.25, -0.2) is 4.98 Å². The van der Waals surface area contributed by atoms with Gasteiger partial charge in [0.25, 0.3) is 5.91 Å². The molecule has 0 saturated carbocycles. The van der Waals surface area contributed by atoms with Crippen molar-refractivity contribution in [3.63, 3.8) is 0 Å². The second kappa shape index (κ2) is 5.14. The molecule has 1 aromatic heterocycles. The maximum absolute atomic E-state index is 12.0. The molecule has 17 heavy (non-hydrogen) atoms. The SMILES string of the molecule is CC1(NC(=O)c2ccc(Br)nc2)CCOCC1. The number of nitrogens with zero attached hydrogens (tertiary/aromatic N) is 1. The summed E-state index contributed by atoms with van der Waals surface area (Å²) >= 11 is 3.24. The van der Waals surface area contributed by atoms with Gasteiger partial charge in [-0.05, 0) is 47.8 Å². The van der Waals surface area contributed by atoms with Crippen LogP contribution in [0.15, 0.2) is 22.9 Å². The Morgan fingerprint density at radius 2 is 2.18 bits per heavy atom. The first-order valence-electron chi connectivity index (χ1n) is 5.61. The third-order valence-electron chi connectivity index (χ3n) is 3.00. The fourth-order valence-electron chi connectivity index (χ4n) is 1.80. The van der Waals surface area contributed by atoms with Crippen LogP contribution >= 0.6 is 15.9 Å². The van der Waals surface area contributed by atoms with E-state index in [1.807, 2.05) is 0 Å². The smallest absolute Gasteiger partial charge is 0.253 e. The van der Waals surface area contributed by atoms with Crippen molar-refractivity contribution in [2.45, 2.75) is 25.3 Å². The van der Waals surface area contributed by atoms with E-state index in [4.69, 9.17) is 4.74 Å². The molecule has 0 aliphatic carbocycles. The van der Waals surface area contributed by atoms with E-state index in [1.54, 1.807) is 18.3 Å². The van der Waals surface area contributed by atoms with Gasteiger partial charge in [-0.15, -0.1) is 0 Å². The molecule has 0 aromatic carbocycles. The summed E-state index contributed by atoms with van der Waals surface area (Å²) < 4.78 is 6.03. The summed E-state index contributed by atoms with van der Waals surface area (Å²) in [6.45, 7) is 3.46. The molecule has 1 N–H and O–H groups in total. The van der Waals surface area contributed by atoms with E-state index in [-0.39, 0.29) is 11.4 Å². The normalized spacial score (nSPS) is 18.7. The monoisotopic (exact) mass is 298 g/mol. The largest absolute Gasteiger partial charge is 0.381 e. The summed E-state index contributed by atoms with van der Waals surface area (Å²) in [5.74, 6) is -0.0746. The lowest BCUT2D eigenvalue weighted by atomic mass is 9.92. The molecule has 5 heteroatoms. The van der Waals surface area contributed by atoms with Gasteiger partial charge in [0, 0.05) is 24.9 Å². The standard InChI is InChI=1S/C12H15BrN2O2/c1-12(4-6-17-7-5-12)15-11(16)9-2-3-10(13)14-8-9/h2-3,8H,4-7H2,1H3,(H,15,16). The van der Waals surface area contributed by atoms with E-state index in [0.29, 0.717) is 18.8 Å². The Kier molecular flexibility index (Phi) is 3.79. The molecule has 1 aromatic rings. The zero-order valence-electron chi connectivity index (χ0n) is 9.70. The van der Waals surface area contributed by atoms with Crippen molar-refractivity contribution in [1.82, 2.24) is 10.3 Å². The minimum absolute atomic E-state index is 0.0746. The topological polar surface area (TPSA) is 51.2 Å². The average molecular weight is 299 g/mol. The van der Waals surface area contributed by atoms with E-state index >= 15 is 0 Å². The number of hydrogen-bond donors (Lipinski definition) is 1. The number of halogens is 1. The Morgan fingerprint density at radius 3 is 2.76 bits per heavy atom. The van der Waals surface area contributed by atoms with Crippen LogP contribution in [0, 0.1) is 0 Å². The van der Waals surface area contributed by atoms with Gasteiger partial charge in [0.2, 0.25) is 0 Å². The van der Waals surface area contributed by atoms with Crippen LogP contribution in [0.1, 0.15) is 30.1 Å². The van der Waals surface area contributed by atoms with Gasteiger partial charge in [0.05, 0.1) is 5.56 Å². The van der Waals surface area contributed by atoms with Crippen molar-refractivity contribution >= 4 is 21.8 Å². The second-order valence-electron chi connectivity index (χ2n) is 4.50. The average Bonchev–Trinajstić information content (AvgIpc) is 2.30. The molecule has 1 fully saturated rings.